The Labute approximate surface area is 110 Å². The van der Waals surface area contributed by atoms with Gasteiger partial charge in [0.2, 0.25) is 11.2 Å². The van der Waals surface area contributed by atoms with Crippen molar-refractivity contribution >= 4 is 21.9 Å². The Morgan fingerprint density at radius 3 is 2.05 bits per heavy atom. The highest BCUT2D eigenvalue weighted by atomic mass is 16.4. The van der Waals surface area contributed by atoms with Crippen molar-refractivity contribution < 1.29 is 29.9 Å². The summed E-state index contributed by atoms with van der Waals surface area (Å²) in [4.78, 5) is 12.3. The average Bonchev–Trinajstić information content (AvgIpc) is 2.39. The molecule has 0 aliphatic heterocycles. The van der Waals surface area contributed by atoms with E-state index in [0.717, 1.165) is 18.2 Å². The second-order valence-corrected chi connectivity index (χ2v) is 4.21. The minimum absolute atomic E-state index is 0.335. The highest BCUT2D eigenvalue weighted by molar-refractivity contribution is 6.00. The third-order valence-electron chi connectivity index (χ3n) is 2.99. The topological polar surface area (TPSA) is 131 Å². The van der Waals surface area contributed by atoms with Crippen LogP contribution in [0.15, 0.2) is 27.4 Å². The first kappa shape index (κ1) is 12.0. The van der Waals surface area contributed by atoms with Crippen molar-refractivity contribution in [1.82, 2.24) is 0 Å². The predicted molar refractivity (Wildman–Crippen MR) is 68.3 cm³/mol. The lowest BCUT2D eigenvalue weighted by molar-refractivity contribution is 0.394. The average molecular weight is 276 g/mol. The van der Waals surface area contributed by atoms with Crippen LogP contribution in [-0.4, -0.2) is 25.5 Å². The molecule has 0 aliphatic carbocycles. The summed E-state index contributed by atoms with van der Waals surface area (Å²) in [5.74, 6) is -2.93. The summed E-state index contributed by atoms with van der Waals surface area (Å²) < 4.78 is 5.15. The monoisotopic (exact) mass is 276 g/mol. The highest BCUT2D eigenvalue weighted by Gasteiger charge is 2.21. The lowest BCUT2D eigenvalue weighted by atomic mass is 10.1. The van der Waals surface area contributed by atoms with E-state index in [4.69, 9.17) is 4.42 Å². The molecule has 3 rings (SSSR count). The van der Waals surface area contributed by atoms with Crippen LogP contribution < -0.4 is 5.43 Å². The van der Waals surface area contributed by atoms with Crippen molar-refractivity contribution in [3.05, 3.63) is 28.4 Å². The van der Waals surface area contributed by atoms with Gasteiger partial charge in [0.25, 0.3) is 0 Å². The molecule has 0 spiro atoms. The molecule has 20 heavy (non-hydrogen) atoms. The quantitative estimate of drug-likeness (QED) is 0.238. The molecular weight excluding hydrogens is 268 g/mol. The smallest absolute Gasteiger partial charge is 0.208 e. The maximum atomic E-state index is 12.3. The van der Waals surface area contributed by atoms with Crippen LogP contribution in [0.5, 0.6) is 28.7 Å². The van der Waals surface area contributed by atoms with Gasteiger partial charge in [-0.15, -0.1) is 0 Å². The minimum Gasteiger partial charge on any atom is -0.507 e. The van der Waals surface area contributed by atoms with E-state index in [2.05, 4.69) is 0 Å². The van der Waals surface area contributed by atoms with Crippen molar-refractivity contribution in [3.63, 3.8) is 0 Å². The van der Waals surface area contributed by atoms with Gasteiger partial charge in [0.15, 0.2) is 22.7 Å². The van der Waals surface area contributed by atoms with Gasteiger partial charge in [-0.2, -0.15) is 0 Å². The molecule has 3 aromatic rings. The van der Waals surface area contributed by atoms with Crippen molar-refractivity contribution in [1.29, 1.82) is 0 Å². The maximum Gasteiger partial charge on any atom is 0.208 e. The molecule has 0 saturated carbocycles. The summed E-state index contributed by atoms with van der Waals surface area (Å²) in [5, 5.41) is 47.4. The van der Waals surface area contributed by atoms with Crippen LogP contribution in [0.2, 0.25) is 0 Å². The molecule has 0 fully saturated rings. The summed E-state index contributed by atoms with van der Waals surface area (Å²) in [5.41, 5.74) is -1.69. The molecule has 1 heterocycles. The third kappa shape index (κ3) is 1.37. The Morgan fingerprint density at radius 1 is 0.750 bits per heavy atom. The molecule has 0 aliphatic rings. The Kier molecular flexibility index (Phi) is 2.22. The molecule has 0 saturated heterocycles. The van der Waals surface area contributed by atoms with Crippen LogP contribution in [-0.2, 0) is 0 Å². The van der Waals surface area contributed by atoms with Gasteiger partial charge < -0.3 is 29.9 Å². The van der Waals surface area contributed by atoms with Crippen molar-refractivity contribution in [2.75, 3.05) is 0 Å². The van der Waals surface area contributed by atoms with E-state index in [0.29, 0.717) is 0 Å². The van der Waals surface area contributed by atoms with Gasteiger partial charge in [0, 0.05) is 6.07 Å². The number of rotatable bonds is 0. The number of aromatic hydroxyl groups is 5. The first-order chi connectivity index (χ1) is 9.41. The minimum atomic E-state index is -0.845. The van der Waals surface area contributed by atoms with Gasteiger partial charge >= 0.3 is 0 Å². The van der Waals surface area contributed by atoms with Crippen LogP contribution in [0.3, 0.4) is 0 Å². The number of fused-ring (bicyclic) bond motifs is 2. The number of phenolic OH excluding ortho intramolecular Hbond substituents is 5. The first-order valence-corrected chi connectivity index (χ1v) is 5.47. The van der Waals surface area contributed by atoms with Gasteiger partial charge in [-0.3, -0.25) is 4.79 Å². The van der Waals surface area contributed by atoms with E-state index < -0.39 is 45.1 Å². The summed E-state index contributed by atoms with van der Waals surface area (Å²) in [6.07, 6.45) is 0. The van der Waals surface area contributed by atoms with Crippen LogP contribution in [0.4, 0.5) is 0 Å². The Balaban J connectivity index is 2.73. The molecule has 5 N–H and O–H groups in total. The predicted octanol–water partition coefficient (Wildman–Crippen LogP) is 1.47. The fourth-order valence-corrected chi connectivity index (χ4v) is 2.05. The summed E-state index contributed by atoms with van der Waals surface area (Å²) in [6.45, 7) is 0. The van der Waals surface area contributed by atoms with Crippen molar-refractivity contribution in [2.45, 2.75) is 0 Å². The van der Waals surface area contributed by atoms with E-state index in [1.54, 1.807) is 0 Å². The van der Waals surface area contributed by atoms with E-state index >= 15 is 0 Å². The Bertz CT molecular complexity index is 924. The molecule has 0 atom stereocenters. The summed E-state index contributed by atoms with van der Waals surface area (Å²) in [7, 11) is 0. The zero-order valence-corrected chi connectivity index (χ0v) is 9.78. The number of hydrogen-bond acceptors (Lipinski definition) is 7. The second kappa shape index (κ2) is 3.70. The zero-order chi connectivity index (χ0) is 14.6. The Morgan fingerprint density at radius 2 is 1.35 bits per heavy atom. The Hall–Kier alpha value is -3.09. The zero-order valence-electron chi connectivity index (χ0n) is 9.78. The number of phenols is 5. The fourth-order valence-electron chi connectivity index (χ4n) is 2.05. The van der Waals surface area contributed by atoms with Gasteiger partial charge in [-0.25, -0.2) is 0 Å². The van der Waals surface area contributed by atoms with Gasteiger partial charge in [-0.1, -0.05) is 0 Å². The van der Waals surface area contributed by atoms with Crippen LogP contribution in [0, 0.1) is 0 Å². The fraction of sp³-hybridized carbons (Fsp3) is 0. The lowest BCUT2D eigenvalue weighted by Gasteiger charge is -2.08. The highest BCUT2D eigenvalue weighted by Crippen LogP contribution is 2.41. The standard InChI is InChI=1S/C13H8O7/c14-4-1-2-5(15)12-8(4)11(19)9-6(16)3-7(17)10(18)13(9)20-12/h1-3,14-18H. The summed E-state index contributed by atoms with van der Waals surface area (Å²) in [6, 6.07) is 2.98. The summed E-state index contributed by atoms with van der Waals surface area (Å²) >= 11 is 0. The maximum absolute atomic E-state index is 12.3. The van der Waals surface area contributed by atoms with E-state index in [9.17, 15) is 30.3 Å². The molecule has 7 nitrogen and oxygen atoms in total. The van der Waals surface area contributed by atoms with Gasteiger partial charge in [-0.05, 0) is 12.1 Å². The van der Waals surface area contributed by atoms with Gasteiger partial charge in [0.05, 0.1) is 0 Å². The SMILES string of the molecule is O=c1c2c(O)ccc(O)c2oc2c(O)c(O)cc(O)c12. The molecule has 1 aromatic heterocycles. The molecular formula is C13H8O7. The normalized spacial score (nSPS) is 11.2. The van der Waals surface area contributed by atoms with Crippen molar-refractivity contribution in [2.24, 2.45) is 0 Å². The molecule has 0 unspecified atom stereocenters. The molecule has 0 radical (unpaired) electrons. The second-order valence-electron chi connectivity index (χ2n) is 4.21. The molecule has 2 aromatic carbocycles. The van der Waals surface area contributed by atoms with Crippen LogP contribution in [0.25, 0.3) is 21.9 Å². The van der Waals surface area contributed by atoms with Crippen LogP contribution in [0.1, 0.15) is 0 Å². The molecule has 0 amide bonds. The molecule has 102 valence electrons. The lowest BCUT2D eigenvalue weighted by Crippen LogP contribution is -2.03. The van der Waals surface area contributed by atoms with E-state index in [-0.39, 0.29) is 11.0 Å². The first-order valence-electron chi connectivity index (χ1n) is 5.47. The largest absolute Gasteiger partial charge is 0.507 e. The van der Waals surface area contributed by atoms with Crippen LogP contribution >= 0.6 is 0 Å². The molecule has 7 heteroatoms. The van der Waals surface area contributed by atoms with Gasteiger partial charge in [0.1, 0.15) is 22.3 Å². The third-order valence-corrected chi connectivity index (χ3v) is 2.99. The number of hydrogen-bond donors (Lipinski definition) is 5. The van der Waals surface area contributed by atoms with E-state index in [1.165, 1.54) is 0 Å². The van der Waals surface area contributed by atoms with E-state index in [1.807, 2.05) is 0 Å². The molecule has 0 bridgehead atoms. The van der Waals surface area contributed by atoms with Crippen molar-refractivity contribution in [3.8, 4) is 28.7 Å². The number of benzene rings is 2.